The van der Waals surface area contributed by atoms with E-state index in [1.807, 2.05) is 44.2 Å². The molecular weight excluding hydrogens is 440 g/mol. The molecule has 0 radical (unpaired) electrons. The summed E-state index contributed by atoms with van der Waals surface area (Å²) in [4.78, 5) is 15.1. The summed E-state index contributed by atoms with van der Waals surface area (Å²) in [5, 5.41) is 0. The smallest absolute Gasteiger partial charge is 0.241 e. The molecule has 2 aromatic carbocycles. The number of amides is 1. The van der Waals surface area contributed by atoms with Gasteiger partial charge in [0, 0.05) is 17.6 Å². The number of sulfonamides is 1. The second-order valence-electron chi connectivity index (χ2n) is 6.64. The Hall–Kier alpha value is -1.70. The minimum absolute atomic E-state index is 0.138. The minimum atomic E-state index is -3.82. The number of rotatable bonds is 10. The van der Waals surface area contributed by atoms with Gasteiger partial charge in [-0.25, -0.2) is 8.42 Å². The van der Waals surface area contributed by atoms with Crippen molar-refractivity contribution in [3.8, 4) is 0 Å². The Morgan fingerprint density at radius 3 is 2.11 bits per heavy atom. The number of halogens is 1. The SMILES string of the molecule is CCCN(CCC)C(=O)C(Cc1ccccc1)NS(=O)(=O)c1ccc(Br)cc1. The summed E-state index contributed by atoms with van der Waals surface area (Å²) in [5.74, 6) is -0.187. The minimum Gasteiger partial charge on any atom is -0.341 e. The van der Waals surface area contributed by atoms with Gasteiger partial charge in [0.15, 0.2) is 0 Å². The van der Waals surface area contributed by atoms with Gasteiger partial charge in [-0.2, -0.15) is 4.72 Å². The number of carbonyl (C=O) groups excluding carboxylic acids is 1. The van der Waals surface area contributed by atoms with Crippen LogP contribution in [0.4, 0.5) is 0 Å². The Balaban J connectivity index is 2.31. The third-order valence-corrected chi connectivity index (χ3v) is 6.32. The lowest BCUT2D eigenvalue weighted by Crippen LogP contribution is -2.50. The maximum absolute atomic E-state index is 13.2. The third kappa shape index (κ3) is 6.43. The average Bonchev–Trinajstić information content (AvgIpc) is 2.68. The highest BCUT2D eigenvalue weighted by atomic mass is 79.9. The molecule has 0 aliphatic rings. The van der Waals surface area contributed by atoms with E-state index in [1.54, 1.807) is 17.0 Å². The summed E-state index contributed by atoms with van der Waals surface area (Å²) < 4.78 is 29.2. The largest absolute Gasteiger partial charge is 0.341 e. The number of hydrogen-bond acceptors (Lipinski definition) is 3. The molecule has 0 bridgehead atoms. The van der Waals surface area contributed by atoms with Gasteiger partial charge in [-0.1, -0.05) is 60.1 Å². The molecule has 0 saturated carbocycles. The summed E-state index contributed by atoms with van der Waals surface area (Å²) in [5.41, 5.74) is 0.910. The molecule has 2 aromatic rings. The van der Waals surface area contributed by atoms with Crippen LogP contribution in [-0.4, -0.2) is 38.4 Å². The fourth-order valence-electron chi connectivity index (χ4n) is 2.99. The van der Waals surface area contributed by atoms with E-state index in [-0.39, 0.29) is 10.8 Å². The molecule has 152 valence electrons. The second kappa shape index (κ2) is 10.7. The molecule has 0 aliphatic heterocycles. The molecule has 0 heterocycles. The zero-order valence-corrected chi connectivity index (χ0v) is 18.7. The first kappa shape index (κ1) is 22.6. The van der Waals surface area contributed by atoms with Crippen LogP contribution < -0.4 is 4.72 Å². The topological polar surface area (TPSA) is 66.5 Å². The van der Waals surface area contributed by atoms with Crippen LogP contribution in [0.1, 0.15) is 32.3 Å². The summed E-state index contributed by atoms with van der Waals surface area (Å²) in [6, 6.07) is 15.0. The first-order valence-corrected chi connectivity index (χ1v) is 11.8. The molecule has 28 heavy (non-hydrogen) atoms. The lowest BCUT2D eigenvalue weighted by Gasteiger charge is -2.27. The average molecular weight is 467 g/mol. The Bertz CT molecular complexity index is 849. The Labute approximate surface area is 176 Å². The predicted molar refractivity (Wildman–Crippen MR) is 116 cm³/mol. The lowest BCUT2D eigenvalue weighted by molar-refractivity contribution is -0.133. The van der Waals surface area contributed by atoms with Crippen molar-refractivity contribution in [3.63, 3.8) is 0 Å². The molecule has 7 heteroatoms. The molecule has 1 N–H and O–H groups in total. The molecule has 0 fully saturated rings. The van der Waals surface area contributed by atoms with E-state index < -0.39 is 16.1 Å². The van der Waals surface area contributed by atoms with Crippen LogP contribution in [0.15, 0.2) is 64.0 Å². The standard InChI is InChI=1S/C21H27BrN2O3S/c1-3-14-24(15-4-2)21(25)20(16-17-8-6-5-7-9-17)23-28(26,27)19-12-10-18(22)11-13-19/h5-13,20,23H,3-4,14-16H2,1-2H3. The monoisotopic (exact) mass is 466 g/mol. The molecule has 0 saturated heterocycles. The summed E-state index contributed by atoms with van der Waals surface area (Å²) >= 11 is 3.31. The lowest BCUT2D eigenvalue weighted by atomic mass is 10.1. The quantitative estimate of drug-likeness (QED) is 0.575. The van der Waals surface area contributed by atoms with Crippen LogP contribution in [0.3, 0.4) is 0 Å². The van der Waals surface area contributed by atoms with Gasteiger partial charge >= 0.3 is 0 Å². The Morgan fingerprint density at radius 1 is 1.00 bits per heavy atom. The highest BCUT2D eigenvalue weighted by Gasteiger charge is 2.29. The van der Waals surface area contributed by atoms with Gasteiger partial charge in [0.05, 0.1) is 4.90 Å². The number of carbonyl (C=O) groups is 1. The van der Waals surface area contributed by atoms with Crippen molar-refractivity contribution in [1.82, 2.24) is 9.62 Å². The van der Waals surface area contributed by atoms with Gasteiger partial charge < -0.3 is 4.90 Å². The highest BCUT2D eigenvalue weighted by molar-refractivity contribution is 9.10. The molecule has 0 aromatic heterocycles. The second-order valence-corrected chi connectivity index (χ2v) is 9.27. The van der Waals surface area contributed by atoms with Crippen LogP contribution in [-0.2, 0) is 21.2 Å². The van der Waals surface area contributed by atoms with Crippen LogP contribution in [0.2, 0.25) is 0 Å². The number of nitrogens with zero attached hydrogens (tertiary/aromatic N) is 1. The maximum atomic E-state index is 13.2. The van der Waals surface area contributed by atoms with Crippen LogP contribution in [0.25, 0.3) is 0 Å². The molecule has 1 unspecified atom stereocenters. The molecular formula is C21H27BrN2O3S. The fourth-order valence-corrected chi connectivity index (χ4v) is 4.44. The van der Waals surface area contributed by atoms with Gasteiger partial charge in [0.2, 0.25) is 15.9 Å². The summed E-state index contributed by atoms with van der Waals surface area (Å²) in [7, 11) is -3.82. The van der Waals surface area contributed by atoms with Gasteiger partial charge in [-0.3, -0.25) is 4.79 Å². The number of nitrogens with one attached hydrogen (secondary N) is 1. The van der Waals surface area contributed by atoms with Crippen LogP contribution in [0, 0.1) is 0 Å². The van der Waals surface area contributed by atoms with E-state index in [4.69, 9.17) is 0 Å². The van der Waals surface area contributed by atoms with Crippen molar-refractivity contribution in [3.05, 3.63) is 64.6 Å². The van der Waals surface area contributed by atoms with Crippen molar-refractivity contribution in [2.24, 2.45) is 0 Å². The van der Waals surface area contributed by atoms with E-state index in [2.05, 4.69) is 20.7 Å². The van der Waals surface area contributed by atoms with Gasteiger partial charge in [-0.15, -0.1) is 0 Å². The van der Waals surface area contributed by atoms with E-state index in [0.29, 0.717) is 19.5 Å². The first-order chi connectivity index (χ1) is 13.4. The molecule has 2 rings (SSSR count). The zero-order valence-electron chi connectivity index (χ0n) is 16.3. The van der Waals surface area contributed by atoms with Crippen molar-refractivity contribution in [2.75, 3.05) is 13.1 Å². The molecule has 5 nitrogen and oxygen atoms in total. The predicted octanol–water partition coefficient (Wildman–Crippen LogP) is 3.99. The van der Waals surface area contributed by atoms with Gasteiger partial charge in [0.1, 0.15) is 6.04 Å². The van der Waals surface area contributed by atoms with Crippen molar-refractivity contribution >= 4 is 31.9 Å². The normalized spacial score (nSPS) is 12.5. The highest BCUT2D eigenvalue weighted by Crippen LogP contribution is 2.16. The molecule has 1 atom stereocenters. The zero-order chi connectivity index (χ0) is 20.6. The van der Waals surface area contributed by atoms with E-state index in [1.165, 1.54) is 12.1 Å². The van der Waals surface area contributed by atoms with Crippen molar-refractivity contribution in [2.45, 2.75) is 44.0 Å². The fraction of sp³-hybridized carbons (Fsp3) is 0.381. The van der Waals surface area contributed by atoms with Crippen LogP contribution >= 0.6 is 15.9 Å². The Kier molecular flexibility index (Phi) is 8.66. The third-order valence-electron chi connectivity index (χ3n) is 4.30. The Morgan fingerprint density at radius 2 is 1.57 bits per heavy atom. The summed E-state index contributed by atoms with van der Waals surface area (Å²) in [6.45, 7) is 5.23. The van der Waals surface area contributed by atoms with Gasteiger partial charge in [0.25, 0.3) is 0 Å². The number of benzene rings is 2. The van der Waals surface area contributed by atoms with Crippen LogP contribution in [0.5, 0.6) is 0 Å². The molecule has 0 aliphatic carbocycles. The number of hydrogen-bond donors (Lipinski definition) is 1. The van der Waals surface area contributed by atoms with Gasteiger partial charge in [-0.05, 0) is 49.1 Å². The van der Waals surface area contributed by atoms with E-state index in [9.17, 15) is 13.2 Å². The van der Waals surface area contributed by atoms with E-state index >= 15 is 0 Å². The van der Waals surface area contributed by atoms with E-state index in [0.717, 1.165) is 22.9 Å². The van der Waals surface area contributed by atoms with Crippen molar-refractivity contribution in [1.29, 1.82) is 0 Å². The van der Waals surface area contributed by atoms with Crippen molar-refractivity contribution < 1.29 is 13.2 Å². The first-order valence-electron chi connectivity index (χ1n) is 9.48. The maximum Gasteiger partial charge on any atom is 0.241 e. The summed E-state index contributed by atoms with van der Waals surface area (Å²) in [6.07, 6.45) is 1.95. The molecule has 1 amide bonds. The molecule has 0 spiro atoms.